The predicted octanol–water partition coefficient (Wildman–Crippen LogP) is 3.83. The van der Waals surface area contributed by atoms with Crippen molar-refractivity contribution < 1.29 is 14.5 Å². The molecule has 2 aromatic carbocycles. The number of halogens is 1. The molecule has 2 saturated heterocycles. The fourth-order valence-electron chi connectivity index (χ4n) is 5.04. The van der Waals surface area contributed by atoms with Gasteiger partial charge < -0.3 is 19.6 Å². The Balaban J connectivity index is 1.13. The molecule has 2 aliphatic heterocycles. The zero-order valence-electron chi connectivity index (χ0n) is 22.6. The van der Waals surface area contributed by atoms with E-state index in [1.165, 1.54) is 23.9 Å². The zero-order valence-corrected chi connectivity index (χ0v) is 24.1. The van der Waals surface area contributed by atoms with E-state index >= 15 is 0 Å². The number of carbonyl (C=O) groups excluding carboxylic acids is 2. The number of non-ortho nitro benzene ring substituents is 1. The lowest BCUT2D eigenvalue weighted by Crippen LogP contribution is -2.54. The second-order valence-corrected chi connectivity index (χ2v) is 11.3. The molecule has 214 valence electrons. The molecule has 1 aromatic heterocycles. The molecule has 3 aromatic rings. The highest BCUT2D eigenvalue weighted by Gasteiger charge is 2.29. The largest absolute Gasteiger partial charge is 0.368 e. The average Bonchev–Trinajstić information content (AvgIpc) is 3.00. The molecular weight excluding hydrogens is 566 g/mol. The summed E-state index contributed by atoms with van der Waals surface area (Å²) in [4.78, 5) is 53.3. The molecule has 41 heavy (non-hydrogen) atoms. The molecule has 3 heterocycles. The molecule has 11 nitrogen and oxygen atoms in total. The molecule has 2 fully saturated rings. The second-order valence-electron chi connectivity index (χ2n) is 9.92. The monoisotopic (exact) mass is 595 g/mol. The highest BCUT2D eigenvalue weighted by atomic mass is 35.5. The maximum atomic E-state index is 13.0. The van der Waals surface area contributed by atoms with Crippen molar-refractivity contribution in [1.29, 1.82) is 0 Å². The van der Waals surface area contributed by atoms with Crippen LogP contribution in [-0.2, 0) is 4.79 Å². The minimum Gasteiger partial charge on any atom is -0.368 e. The van der Waals surface area contributed by atoms with Gasteiger partial charge in [-0.05, 0) is 31.2 Å². The molecule has 0 unspecified atom stereocenters. The number of amides is 2. The SMILES string of the molecule is C[C@@H]1CN(c2cc(Cl)nc(SCC(=O)N3CCN(c4ccc([N+](=O)[O-])cc4)CC3)n2)CCN1C(=O)c1ccccc1. The minimum atomic E-state index is -0.416. The maximum absolute atomic E-state index is 13.0. The Morgan fingerprint density at radius 2 is 1.66 bits per heavy atom. The van der Waals surface area contributed by atoms with E-state index in [4.69, 9.17) is 11.6 Å². The Labute approximate surface area is 247 Å². The van der Waals surface area contributed by atoms with Crippen molar-refractivity contribution in [3.63, 3.8) is 0 Å². The van der Waals surface area contributed by atoms with Crippen LogP contribution in [0.25, 0.3) is 0 Å². The molecule has 5 rings (SSSR count). The van der Waals surface area contributed by atoms with Crippen molar-refractivity contribution in [2.45, 2.75) is 18.1 Å². The number of rotatable bonds is 7. The standard InChI is InChI=1S/C28H30ClN7O4S/c1-20-18-34(15-16-35(20)27(38)21-5-3-2-4-6-21)25-17-24(29)30-28(31-25)41-19-26(37)33-13-11-32(12-14-33)22-7-9-23(10-8-22)36(39)40/h2-10,17,20H,11-16,18-19H2,1H3/t20-/m1/s1. The first kappa shape index (κ1) is 28.6. The van der Waals surface area contributed by atoms with Gasteiger partial charge >= 0.3 is 0 Å². The summed E-state index contributed by atoms with van der Waals surface area (Å²) in [6.07, 6.45) is 0. The van der Waals surface area contributed by atoms with E-state index in [1.54, 1.807) is 18.2 Å². The third-order valence-corrected chi connectivity index (χ3v) is 8.30. The first-order valence-electron chi connectivity index (χ1n) is 13.3. The molecule has 2 amide bonds. The topological polar surface area (TPSA) is 116 Å². The van der Waals surface area contributed by atoms with Crippen LogP contribution in [0, 0.1) is 10.1 Å². The molecule has 0 saturated carbocycles. The van der Waals surface area contributed by atoms with E-state index < -0.39 is 4.92 Å². The van der Waals surface area contributed by atoms with Crippen LogP contribution in [0.15, 0.2) is 65.8 Å². The first-order valence-corrected chi connectivity index (χ1v) is 14.7. The van der Waals surface area contributed by atoms with Crippen molar-refractivity contribution in [2.24, 2.45) is 0 Å². The Bertz CT molecular complexity index is 1400. The van der Waals surface area contributed by atoms with E-state index in [-0.39, 0.29) is 29.3 Å². The Morgan fingerprint density at radius 3 is 2.32 bits per heavy atom. The summed E-state index contributed by atoms with van der Waals surface area (Å²) >= 11 is 7.59. The molecule has 13 heteroatoms. The van der Waals surface area contributed by atoms with Crippen LogP contribution in [0.3, 0.4) is 0 Å². The summed E-state index contributed by atoms with van der Waals surface area (Å²) in [7, 11) is 0. The molecule has 0 bridgehead atoms. The molecule has 2 aliphatic rings. The van der Waals surface area contributed by atoms with Crippen molar-refractivity contribution >= 4 is 52.4 Å². The zero-order chi connectivity index (χ0) is 28.9. The van der Waals surface area contributed by atoms with Gasteiger partial charge in [-0.25, -0.2) is 9.97 Å². The summed E-state index contributed by atoms with van der Waals surface area (Å²) in [5, 5.41) is 11.6. The number of anilines is 2. The van der Waals surface area contributed by atoms with Gasteiger partial charge in [0.25, 0.3) is 11.6 Å². The number of nitrogens with zero attached hydrogens (tertiary/aromatic N) is 7. The molecule has 0 radical (unpaired) electrons. The fourth-order valence-corrected chi connectivity index (χ4v) is 6.03. The number of benzene rings is 2. The number of thioether (sulfide) groups is 1. The van der Waals surface area contributed by atoms with Gasteiger partial charge in [0.05, 0.1) is 10.7 Å². The molecule has 1 atom stereocenters. The molecule has 0 spiro atoms. The quantitative estimate of drug-likeness (QED) is 0.132. The van der Waals surface area contributed by atoms with Crippen molar-refractivity contribution in [3.05, 3.63) is 81.5 Å². The highest BCUT2D eigenvalue weighted by molar-refractivity contribution is 7.99. The van der Waals surface area contributed by atoms with Crippen LogP contribution < -0.4 is 9.80 Å². The smallest absolute Gasteiger partial charge is 0.269 e. The number of hydrogen-bond acceptors (Lipinski definition) is 9. The third kappa shape index (κ3) is 6.88. The second kappa shape index (κ2) is 12.7. The van der Waals surface area contributed by atoms with Crippen LogP contribution in [0.1, 0.15) is 17.3 Å². The first-order chi connectivity index (χ1) is 19.8. The summed E-state index contributed by atoms with van der Waals surface area (Å²) in [6.45, 7) is 6.19. The van der Waals surface area contributed by atoms with Gasteiger partial charge in [0.2, 0.25) is 5.91 Å². The van der Waals surface area contributed by atoms with Crippen LogP contribution in [0.2, 0.25) is 5.15 Å². The Hall–Kier alpha value is -3.90. The highest BCUT2D eigenvalue weighted by Crippen LogP contribution is 2.26. The summed E-state index contributed by atoms with van der Waals surface area (Å²) < 4.78 is 0. The van der Waals surface area contributed by atoms with Crippen molar-refractivity contribution in [3.8, 4) is 0 Å². The number of aromatic nitrogens is 2. The number of carbonyl (C=O) groups is 2. The van der Waals surface area contributed by atoms with Gasteiger partial charge in [0, 0.05) is 81.3 Å². The lowest BCUT2D eigenvalue weighted by Gasteiger charge is -2.40. The maximum Gasteiger partial charge on any atom is 0.269 e. The Kier molecular flexibility index (Phi) is 8.89. The fraction of sp³-hybridized carbons (Fsp3) is 0.357. The van der Waals surface area contributed by atoms with E-state index in [9.17, 15) is 19.7 Å². The molecular formula is C28H30ClN7O4S. The number of nitro benzene ring substituents is 1. The van der Waals surface area contributed by atoms with E-state index in [0.29, 0.717) is 67.5 Å². The van der Waals surface area contributed by atoms with Gasteiger partial charge in [0.15, 0.2) is 5.16 Å². The summed E-state index contributed by atoms with van der Waals surface area (Å²) in [5.74, 6) is 0.870. The van der Waals surface area contributed by atoms with Gasteiger partial charge in [-0.3, -0.25) is 19.7 Å². The lowest BCUT2D eigenvalue weighted by atomic mass is 10.1. The summed E-state index contributed by atoms with van der Waals surface area (Å²) in [6, 6.07) is 17.4. The van der Waals surface area contributed by atoms with Crippen LogP contribution >= 0.6 is 23.4 Å². The normalized spacial score (nSPS) is 17.5. The van der Waals surface area contributed by atoms with Crippen molar-refractivity contribution in [1.82, 2.24) is 19.8 Å². The van der Waals surface area contributed by atoms with Gasteiger partial charge in [-0.15, -0.1) is 0 Å². The van der Waals surface area contributed by atoms with Crippen LogP contribution in [-0.4, -0.2) is 94.1 Å². The average molecular weight is 596 g/mol. The third-order valence-electron chi connectivity index (χ3n) is 7.28. The van der Waals surface area contributed by atoms with Gasteiger partial charge in [0.1, 0.15) is 11.0 Å². The number of nitro groups is 1. The van der Waals surface area contributed by atoms with Gasteiger partial charge in [-0.2, -0.15) is 0 Å². The number of piperazine rings is 2. The summed E-state index contributed by atoms with van der Waals surface area (Å²) in [5.41, 5.74) is 1.63. The van der Waals surface area contributed by atoms with Crippen LogP contribution in [0.5, 0.6) is 0 Å². The number of hydrogen-bond donors (Lipinski definition) is 0. The predicted molar refractivity (Wildman–Crippen MR) is 159 cm³/mol. The van der Waals surface area contributed by atoms with Crippen LogP contribution in [0.4, 0.5) is 17.2 Å². The van der Waals surface area contributed by atoms with Crippen molar-refractivity contribution in [2.75, 3.05) is 61.4 Å². The van der Waals surface area contributed by atoms with E-state index in [0.717, 1.165) is 5.69 Å². The van der Waals surface area contributed by atoms with Gasteiger partial charge in [-0.1, -0.05) is 41.6 Å². The Morgan fingerprint density at radius 1 is 0.976 bits per heavy atom. The molecule has 0 N–H and O–H groups in total. The van der Waals surface area contributed by atoms with E-state index in [1.807, 2.05) is 47.1 Å². The minimum absolute atomic E-state index is 0.00913. The van der Waals surface area contributed by atoms with E-state index in [2.05, 4.69) is 19.8 Å². The lowest BCUT2D eigenvalue weighted by molar-refractivity contribution is -0.384. The molecule has 0 aliphatic carbocycles.